The molecule has 2 fully saturated rings. The second-order valence-electron chi connectivity index (χ2n) is 18.4. The highest BCUT2D eigenvalue weighted by atomic mass is 35.5. The fraction of sp³-hybridized carbons (Fsp3) is 0.408. The summed E-state index contributed by atoms with van der Waals surface area (Å²) in [6.07, 6.45) is 0.564. The number of benzene rings is 3. The molecule has 5 amide bonds. The number of aliphatic hydroxyl groups excluding tert-OH is 1. The molecule has 0 radical (unpaired) electrons. The number of hydrogen-bond donors (Lipinski definition) is 5. The van der Waals surface area contributed by atoms with E-state index in [1.54, 1.807) is 24.5 Å². The van der Waals surface area contributed by atoms with E-state index < -0.39 is 35.5 Å². The molecule has 372 valence electrons. The van der Waals surface area contributed by atoms with Gasteiger partial charge in [0.1, 0.15) is 51.6 Å². The maximum absolute atomic E-state index is 14.3. The van der Waals surface area contributed by atoms with Gasteiger partial charge < -0.3 is 45.6 Å². The van der Waals surface area contributed by atoms with Crippen molar-refractivity contribution in [1.82, 2.24) is 35.4 Å². The van der Waals surface area contributed by atoms with Crippen molar-refractivity contribution in [3.8, 4) is 21.9 Å². The van der Waals surface area contributed by atoms with Crippen molar-refractivity contribution < 1.29 is 33.8 Å². The highest BCUT2D eigenvalue weighted by Crippen LogP contribution is 2.44. The third-order valence-electron chi connectivity index (χ3n) is 12.4. The molecule has 18 nitrogen and oxygen atoms in total. The van der Waals surface area contributed by atoms with E-state index in [0.717, 1.165) is 33.1 Å². The Morgan fingerprint density at radius 2 is 1.57 bits per heavy atom. The van der Waals surface area contributed by atoms with Crippen molar-refractivity contribution in [2.75, 3.05) is 81.0 Å². The molecule has 4 heterocycles. The van der Waals surface area contributed by atoms with E-state index in [1.165, 1.54) is 36.4 Å². The number of carbonyl (C=O) groups is 4. The first kappa shape index (κ1) is 51.6. The fourth-order valence-corrected chi connectivity index (χ4v) is 9.79. The molecular formula is C49H59Cl2N11O7S. The summed E-state index contributed by atoms with van der Waals surface area (Å²) in [6.45, 7) is 12.1. The van der Waals surface area contributed by atoms with Gasteiger partial charge in [-0.2, -0.15) is 0 Å². The number of thiazole rings is 1. The summed E-state index contributed by atoms with van der Waals surface area (Å²) in [5.74, 6) is 0.235. The number of hydrogen-bond acceptors (Lipinski definition) is 14. The van der Waals surface area contributed by atoms with Crippen LogP contribution in [0.15, 0.2) is 72.5 Å². The number of nitrogens with zero attached hydrogens (tertiary/aromatic N) is 7. The molecule has 5 N–H and O–H groups in total. The van der Waals surface area contributed by atoms with Crippen LogP contribution in [0, 0.1) is 12.3 Å². The second-order valence-corrected chi connectivity index (χ2v) is 20.0. The van der Waals surface area contributed by atoms with Crippen LogP contribution in [0.2, 0.25) is 10.0 Å². The van der Waals surface area contributed by atoms with Crippen LogP contribution in [0.5, 0.6) is 11.5 Å². The molecule has 0 saturated carbocycles. The maximum atomic E-state index is 14.3. The molecule has 5 aromatic rings. The molecule has 3 aromatic carbocycles. The molecular weight excluding hydrogens is 958 g/mol. The molecule has 2 aromatic heterocycles. The SMILES string of the molecule is COc1cc(OC)c(Cl)c(NC(=O)N(C)c2cc(Nc3ccc(N4CCN(CC(=O)NC(C(=O)N5C[C@H](O)C[C@H]5C(=O)NC(C)c5ccc(-c6scnc6C)cc5)C(C)(C)C)CC4)cc3)ncn2)c1Cl. The monoisotopic (exact) mass is 1020 g/mol. The van der Waals surface area contributed by atoms with Crippen LogP contribution in [0.4, 0.5) is 33.5 Å². The number of ether oxygens (including phenoxy) is 2. The predicted octanol–water partition coefficient (Wildman–Crippen LogP) is 7.14. The standard InChI is InChI=1S/C49H59Cl2N11O7S/c1-28(30-9-11-31(12-10-30)44-29(2)54-27-70-44)55-46(65)35-21-34(63)24-62(35)47(66)45(49(3,4)5)57-40(64)25-60-17-19-61(20-18-60)33-15-13-32(14-16-33)56-38-23-39(53-26-52-38)59(6)48(67)58-43-41(50)36(68-7)22-37(69-8)42(43)51/h9-16,22-23,26-28,34-35,45,63H,17-21,24-25H2,1-8H3,(H,55,65)(H,57,64)(H,58,67)(H,52,53,56)/t28?,34-,35+,45?/m1/s1. The molecule has 4 atom stereocenters. The van der Waals surface area contributed by atoms with E-state index in [2.05, 4.69) is 46.0 Å². The molecule has 21 heteroatoms. The van der Waals surface area contributed by atoms with Crippen LogP contribution in [-0.2, 0) is 14.4 Å². The van der Waals surface area contributed by atoms with Crippen LogP contribution in [0.1, 0.15) is 51.4 Å². The van der Waals surface area contributed by atoms with Crippen LogP contribution in [0.3, 0.4) is 0 Å². The van der Waals surface area contributed by atoms with Crippen molar-refractivity contribution in [3.63, 3.8) is 0 Å². The first-order valence-corrected chi connectivity index (χ1v) is 24.4. The van der Waals surface area contributed by atoms with Gasteiger partial charge in [-0.15, -0.1) is 11.3 Å². The maximum Gasteiger partial charge on any atom is 0.327 e. The molecule has 70 heavy (non-hydrogen) atoms. The number of likely N-dealkylation sites (tertiary alicyclic amines) is 1. The smallest absolute Gasteiger partial charge is 0.327 e. The predicted molar refractivity (Wildman–Crippen MR) is 274 cm³/mol. The van der Waals surface area contributed by atoms with Gasteiger partial charge in [-0.05, 0) is 54.7 Å². The van der Waals surface area contributed by atoms with E-state index in [4.69, 9.17) is 32.7 Å². The highest BCUT2D eigenvalue weighted by Gasteiger charge is 2.45. The zero-order valence-electron chi connectivity index (χ0n) is 40.4. The minimum atomic E-state index is -0.933. The summed E-state index contributed by atoms with van der Waals surface area (Å²) in [6, 6.07) is 16.2. The quantitative estimate of drug-likeness (QED) is 0.0708. The zero-order chi connectivity index (χ0) is 50.4. The molecule has 0 bridgehead atoms. The van der Waals surface area contributed by atoms with Gasteiger partial charge in [-0.1, -0.05) is 68.2 Å². The summed E-state index contributed by atoms with van der Waals surface area (Å²) in [5.41, 5.74) is 5.93. The number of halogens is 2. The van der Waals surface area contributed by atoms with Crippen molar-refractivity contribution >= 4 is 87.0 Å². The van der Waals surface area contributed by atoms with Gasteiger partial charge in [0.25, 0.3) is 0 Å². The van der Waals surface area contributed by atoms with E-state index in [0.29, 0.717) is 37.8 Å². The molecule has 2 unspecified atom stereocenters. The summed E-state index contributed by atoms with van der Waals surface area (Å²) in [5, 5.41) is 23.0. The Balaban J connectivity index is 0.895. The van der Waals surface area contributed by atoms with Gasteiger partial charge in [-0.3, -0.25) is 24.2 Å². The number of methoxy groups -OCH3 is 2. The van der Waals surface area contributed by atoms with E-state index in [-0.39, 0.29) is 64.6 Å². The lowest BCUT2D eigenvalue weighted by atomic mass is 9.85. The topological polar surface area (TPSA) is 207 Å². The molecule has 2 saturated heterocycles. The Morgan fingerprint density at radius 1 is 0.914 bits per heavy atom. The molecule has 2 aliphatic rings. The first-order chi connectivity index (χ1) is 33.3. The summed E-state index contributed by atoms with van der Waals surface area (Å²) in [7, 11) is 4.42. The minimum Gasteiger partial charge on any atom is -0.495 e. The third-order valence-corrected chi connectivity index (χ3v) is 14.1. The lowest BCUT2D eigenvalue weighted by Crippen LogP contribution is -2.59. The Labute approximate surface area is 421 Å². The molecule has 0 aliphatic carbocycles. The van der Waals surface area contributed by atoms with E-state index in [9.17, 15) is 24.3 Å². The normalized spacial score (nSPS) is 17.1. The highest BCUT2D eigenvalue weighted by molar-refractivity contribution is 7.13. The summed E-state index contributed by atoms with van der Waals surface area (Å²) < 4.78 is 10.6. The number of carbonyl (C=O) groups excluding carboxylic acids is 4. The van der Waals surface area contributed by atoms with Crippen molar-refractivity contribution in [2.24, 2.45) is 5.41 Å². The minimum absolute atomic E-state index is 0.00900. The van der Waals surface area contributed by atoms with Gasteiger partial charge in [0.15, 0.2) is 0 Å². The molecule has 7 rings (SSSR count). The number of amides is 5. The summed E-state index contributed by atoms with van der Waals surface area (Å²) in [4.78, 5) is 76.0. The number of piperazine rings is 1. The number of aromatic nitrogens is 3. The van der Waals surface area contributed by atoms with Crippen LogP contribution in [0.25, 0.3) is 10.4 Å². The fourth-order valence-electron chi connectivity index (χ4n) is 8.38. The Hall–Kier alpha value is -6.25. The van der Waals surface area contributed by atoms with Crippen LogP contribution >= 0.6 is 34.5 Å². The largest absolute Gasteiger partial charge is 0.495 e. The Bertz CT molecular complexity index is 2650. The van der Waals surface area contributed by atoms with Crippen molar-refractivity contribution in [3.05, 3.63) is 93.8 Å². The van der Waals surface area contributed by atoms with Gasteiger partial charge in [-0.25, -0.2) is 19.7 Å². The average Bonchev–Trinajstić information content (AvgIpc) is 3.97. The van der Waals surface area contributed by atoms with Crippen LogP contribution < -0.4 is 40.5 Å². The number of aliphatic hydroxyl groups is 1. The zero-order valence-corrected chi connectivity index (χ0v) is 42.7. The van der Waals surface area contributed by atoms with Gasteiger partial charge in [0, 0.05) is 69.7 Å². The number of β-amino-alcohol motifs (C(OH)–C–C–N with tert-alkyl or cyclic N) is 1. The number of nitrogens with one attached hydrogen (secondary N) is 4. The lowest BCUT2D eigenvalue weighted by molar-refractivity contribution is -0.144. The van der Waals surface area contributed by atoms with Gasteiger partial charge >= 0.3 is 6.03 Å². The summed E-state index contributed by atoms with van der Waals surface area (Å²) >= 11 is 14.5. The third kappa shape index (κ3) is 12.0. The number of aryl methyl sites for hydroxylation is 1. The Kier molecular flexibility index (Phi) is 16.4. The van der Waals surface area contributed by atoms with Crippen molar-refractivity contribution in [1.29, 1.82) is 0 Å². The van der Waals surface area contributed by atoms with Crippen LogP contribution in [-0.4, -0.2) is 132 Å². The Morgan fingerprint density at radius 3 is 2.17 bits per heavy atom. The van der Waals surface area contributed by atoms with Gasteiger partial charge in [0.2, 0.25) is 17.7 Å². The average molecular weight is 1020 g/mol. The number of anilines is 5. The molecule has 2 aliphatic heterocycles. The van der Waals surface area contributed by atoms with Crippen molar-refractivity contribution in [2.45, 2.75) is 65.3 Å². The lowest BCUT2D eigenvalue weighted by Gasteiger charge is -2.37. The van der Waals surface area contributed by atoms with E-state index >= 15 is 0 Å². The van der Waals surface area contributed by atoms with Gasteiger partial charge in [0.05, 0.1) is 54.7 Å². The molecule has 0 spiro atoms. The van der Waals surface area contributed by atoms with E-state index in [1.807, 2.05) is 88.7 Å². The first-order valence-electron chi connectivity index (χ1n) is 22.7. The number of urea groups is 1. The second kappa shape index (κ2) is 22.2. The number of rotatable bonds is 15.